The van der Waals surface area contributed by atoms with Crippen molar-refractivity contribution in [2.24, 2.45) is 10.2 Å². The highest BCUT2D eigenvalue weighted by atomic mass is 16.1. The predicted molar refractivity (Wildman–Crippen MR) is 94.7 cm³/mol. The number of nitrogens with one attached hydrogen (secondary N) is 1. The minimum Gasteiger partial charge on any atom is -0.374 e. The average Bonchev–Trinajstić information content (AvgIpc) is 3.38. The van der Waals surface area contributed by atoms with E-state index in [1.165, 1.54) is 11.3 Å². The molecule has 5 nitrogen and oxygen atoms in total. The van der Waals surface area contributed by atoms with Crippen LogP contribution in [0.3, 0.4) is 0 Å². The molecule has 0 fully saturated rings. The third-order valence-electron chi connectivity index (χ3n) is 4.85. The first kappa shape index (κ1) is 16.5. The lowest BCUT2D eigenvalue weighted by atomic mass is 9.99. The van der Waals surface area contributed by atoms with E-state index in [9.17, 15) is 4.79 Å². The number of rotatable bonds is 6. The molecule has 2 aliphatic heterocycles. The lowest BCUT2D eigenvalue weighted by Crippen LogP contribution is -2.29. The van der Waals surface area contributed by atoms with E-state index in [-0.39, 0.29) is 17.6 Å². The largest absolute Gasteiger partial charge is 0.374 e. The zero-order valence-corrected chi connectivity index (χ0v) is 14.2. The summed E-state index contributed by atoms with van der Waals surface area (Å²) in [5, 5.41) is 11.4. The van der Waals surface area contributed by atoms with Crippen LogP contribution < -0.4 is 10.2 Å². The second-order valence-corrected chi connectivity index (χ2v) is 6.63. The Morgan fingerprint density at radius 1 is 1.42 bits per heavy atom. The van der Waals surface area contributed by atoms with Gasteiger partial charge in [-0.15, -0.1) is 12.3 Å². The highest BCUT2D eigenvalue weighted by Gasteiger charge is 2.39. The number of para-hydroxylation sites is 1. The van der Waals surface area contributed by atoms with Crippen molar-refractivity contribution in [3.05, 3.63) is 29.8 Å². The Hall–Kier alpha value is -2.35. The van der Waals surface area contributed by atoms with E-state index < -0.39 is 0 Å². The third-order valence-corrected chi connectivity index (χ3v) is 4.85. The van der Waals surface area contributed by atoms with E-state index in [0.29, 0.717) is 19.3 Å². The maximum atomic E-state index is 12.4. The smallest absolute Gasteiger partial charge is 0.220 e. The molecular formula is C19H24N4O. The molecule has 24 heavy (non-hydrogen) atoms. The van der Waals surface area contributed by atoms with Gasteiger partial charge in [-0.1, -0.05) is 18.2 Å². The standard InChI is InChI=1S/C19H24N4O/c1-3-4-12-19(21-22-19)13-11-18(24)20-16-9-7-14-23(2)17-10-6-5-8-15(16)17/h1,5-6,8,10,16H,4,7,9,11-14H2,2H3,(H,20,24). The minimum absolute atomic E-state index is 0.0664. The lowest BCUT2D eigenvalue weighted by Gasteiger charge is -2.22. The van der Waals surface area contributed by atoms with Gasteiger partial charge < -0.3 is 10.2 Å². The van der Waals surface area contributed by atoms with E-state index in [0.717, 1.165) is 25.8 Å². The molecule has 1 atom stereocenters. The van der Waals surface area contributed by atoms with Crippen molar-refractivity contribution in [3.63, 3.8) is 0 Å². The third kappa shape index (κ3) is 3.76. The quantitative estimate of drug-likeness (QED) is 0.815. The fourth-order valence-electron chi connectivity index (χ4n) is 3.34. The highest BCUT2D eigenvalue weighted by Crippen LogP contribution is 2.38. The first-order chi connectivity index (χ1) is 11.6. The Kier molecular flexibility index (Phi) is 4.84. The summed E-state index contributed by atoms with van der Waals surface area (Å²) in [5.41, 5.74) is 2.03. The number of benzene rings is 1. The normalized spacial score (nSPS) is 20.7. The van der Waals surface area contributed by atoms with Gasteiger partial charge in [-0.25, -0.2) is 0 Å². The molecule has 2 heterocycles. The summed E-state index contributed by atoms with van der Waals surface area (Å²) in [6.07, 6.45) is 9.80. The second kappa shape index (κ2) is 7.04. The van der Waals surface area contributed by atoms with Gasteiger partial charge in [-0.3, -0.25) is 4.79 Å². The summed E-state index contributed by atoms with van der Waals surface area (Å²) < 4.78 is 0. The van der Waals surface area contributed by atoms with Crippen molar-refractivity contribution in [2.75, 3.05) is 18.5 Å². The SMILES string of the molecule is C#CCCC1(CCC(=O)NC2CCCN(C)c3ccccc32)N=N1. The number of carbonyl (C=O) groups is 1. The second-order valence-electron chi connectivity index (χ2n) is 6.63. The molecule has 2 aliphatic rings. The number of carbonyl (C=O) groups excluding carboxylic acids is 1. The molecule has 5 heteroatoms. The van der Waals surface area contributed by atoms with Crippen LogP contribution in [0.5, 0.6) is 0 Å². The van der Waals surface area contributed by atoms with Gasteiger partial charge in [0.25, 0.3) is 0 Å². The summed E-state index contributed by atoms with van der Waals surface area (Å²) in [7, 11) is 2.11. The first-order valence-electron chi connectivity index (χ1n) is 8.60. The average molecular weight is 324 g/mol. The zero-order valence-electron chi connectivity index (χ0n) is 14.2. The van der Waals surface area contributed by atoms with Gasteiger partial charge in [-0.05, 0) is 24.5 Å². The van der Waals surface area contributed by atoms with Crippen LogP contribution in [0, 0.1) is 12.3 Å². The van der Waals surface area contributed by atoms with Crippen LogP contribution >= 0.6 is 0 Å². The molecule has 126 valence electrons. The predicted octanol–water partition coefficient (Wildman–Crippen LogP) is 3.43. The number of nitrogens with zero attached hydrogens (tertiary/aromatic N) is 3. The maximum absolute atomic E-state index is 12.4. The molecule has 3 rings (SSSR count). The summed E-state index contributed by atoms with van der Waals surface area (Å²) >= 11 is 0. The van der Waals surface area contributed by atoms with Crippen LogP contribution in [0.4, 0.5) is 5.69 Å². The number of fused-ring (bicyclic) bond motifs is 1. The molecule has 1 aromatic carbocycles. The first-order valence-corrected chi connectivity index (χ1v) is 8.60. The van der Waals surface area contributed by atoms with Gasteiger partial charge in [0.2, 0.25) is 5.91 Å². The molecule has 0 saturated carbocycles. The van der Waals surface area contributed by atoms with Gasteiger partial charge in [0.1, 0.15) is 0 Å². The van der Waals surface area contributed by atoms with E-state index in [2.05, 4.69) is 45.5 Å². The van der Waals surface area contributed by atoms with Gasteiger partial charge in [0.05, 0.1) is 6.04 Å². The van der Waals surface area contributed by atoms with Crippen LogP contribution in [0.1, 0.15) is 50.1 Å². The van der Waals surface area contributed by atoms with Crippen molar-refractivity contribution < 1.29 is 4.79 Å². The van der Waals surface area contributed by atoms with Crippen LogP contribution in [0.15, 0.2) is 34.5 Å². The Morgan fingerprint density at radius 2 is 2.21 bits per heavy atom. The molecule has 0 bridgehead atoms. The summed E-state index contributed by atoms with van der Waals surface area (Å²) in [6.45, 7) is 1.01. The van der Waals surface area contributed by atoms with Crippen LogP contribution in [-0.4, -0.2) is 25.2 Å². The van der Waals surface area contributed by atoms with Gasteiger partial charge in [0, 0.05) is 45.0 Å². The topological polar surface area (TPSA) is 57.1 Å². The minimum atomic E-state index is -0.384. The lowest BCUT2D eigenvalue weighted by molar-refractivity contribution is -0.122. The van der Waals surface area contributed by atoms with E-state index in [1.54, 1.807) is 0 Å². The van der Waals surface area contributed by atoms with Crippen molar-refractivity contribution in [1.29, 1.82) is 0 Å². The zero-order chi connectivity index (χ0) is 17.0. The Morgan fingerprint density at radius 3 is 2.96 bits per heavy atom. The number of hydrogen-bond donors (Lipinski definition) is 1. The summed E-state index contributed by atoms with van der Waals surface area (Å²) in [5.74, 6) is 2.68. The molecule has 1 N–H and O–H groups in total. The Labute approximate surface area is 143 Å². The monoisotopic (exact) mass is 324 g/mol. The van der Waals surface area contributed by atoms with Gasteiger partial charge in [-0.2, -0.15) is 10.2 Å². The fraction of sp³-hybridized carbons (Fsp3) is 0.526. The molecule has 1 amide bonds. The van der Waals surface area contributed by atoms with Gasteiger partial charge in [0.15, 0.2) is 5.66 Å². The molecule has 0 radical (unpaired) electrons. The molecule has 0 saturated heterocycles. The van der Waals surface area contributed by atoms with E-state index >= 15 is 0 Å². The molecule has 0 aliphatic carbocycles. The van der Waals surface area contributed by atoms with Crippen molar-refractivity contribution in [3.8, 4) is 12.3 Å². The van der Waals surface area contributed by atoms with Gasteiger partial charge >= 0.3 is 0 Å². The fourth-order valence-corrected chi connectivity index (χ4v) is 3.34. The van der Waals surface area contributed by atoms with Crippen molar-refractivity contribution >= 4 is 11.6 Å². The molecule has 1 aromatic rings. The number of anilines is 1. The van der Waals surface area contributed by atoms with Crippen molar-refractivity contribution in [1.82, 2.24) is 5.32 Å². The van der Waals surface area contributed by atoms with Crippen LogP contribution in [-0.2, 0) is 4.79 Å². The Bertz CT molecular complexity index is 670. The van der Waals surface area contributed by atoms with E-state index in [4.69, 9.17) is 6.42 Å². The van der Waals surface area contributed by atoms with Crippen LogP contribution in [0.25, 0.3) is 0 Å². The highest BCUT2D eigenvalue weighted by molar-refractivity contribution is 5.77. The molecular weight excluding hydrogens is 300 g/mol. The number of amides is 1. The van der Waals surface area contributed by atoms with Crippen molar-refractivity contribution in [2.45, 2.75) is 50.2 Å². The molecule has 0 spiro atoms. The Balaban J connectivity index is 1.58. The van der Waals surface area contributed by atoms with E-state index in [1.807, 2.05) is 12.1 Å². The summed E-state index contributed by atoms with van der Waals surface area (Å²) in [6, 6.07) is 8.39. The maximum Gasteiger partial charge on any atom is 0.220 e. The van der Waals surface area contributed by atoms with Crippen LogP contribution in [0.2, 0.25) is 0 Å². The molecule has 0 aromatic heterocycles. The number of terminal acetylenes is 1. The number of hydrogen-bond acceptors (Lipinski definition) is 4. The summed E-state index contributed by atoms with van der Waals surface area (Å²) in [4.78, 5) is 14.7. The molecule has 1 unspecified atom stereocenters.